The number of nitrogens with zero attached hydrogens (tertiary/aromatic N) is 5. The van der Waals surface area contributed by atoms with Crippen LogP contribution in [0.2, 0.25) is 5.02 Å². The first-order valence-corrected chi connectivity index (χ1v) is 8.03. The maximum atomic E-state index is 6.08. The van der Waals surface area contributed by atoms with E-state index in [1.54, 1.807) is 4.52 Å². The van der Waals surface area contributed by atoms with Gasteiger partial charge >= 0.3 is 0 Å². The summed E-state index contributed by atoms with van der Waals surface area (Å²) in [5, 5.41) is 16.9. The zero-order chi connectivity index (χ0) is 15.8. The van der Waals surface area contributed by atoms with Crippen molar-refractivity contribution in [2.45, 2.75) is 19.4 Å². The fourth-order valence-corrected chi connectivity index (χ4v) is 3.15. The molecule has 2 aromatic heterocycles. The number of anilines is 2. The van der Waals surface area contributed by atoms with Crippen LogP contribution < -0.4 is 10.2 Å². The Morgan fingerprint density at radius 1 is 1.22 bits per heavy atom. The Hall–Kier alpha value is -2.34. The van der Waals surface area contributed by atoms with E-state index in [2.05, 4.69) is 31.6 Å². The highest BCUT2D eigenvalue weighted by Crippen LogP contribution is 2.24. The molecule has 118 valence electrons. The number of nitrogens with one attached hydrogen (secondary N) is 1. The topological polar surface area (TPSA) is 58.4 Å². The Bertz CT molecular complexity index is 845. The van der Waals surface area contributed by atoms with E-state index in [0.717, 1.165) is 41.8 Å². The molecule has 23 heavy (non-hydrogen) atoms. The molecule has 0 aliphatic carbocycles. The van der Waals surface area contributed by atoms with Gasteiger partial charge in [0.05, 0.1) is 0 Å². The zero-order valence-electron chi connectivity index (χ0n) is 12.8. The van der Waals surface area contributed by atoms with E-state index in [4.69, 9.17) is 11.6 Å². The Morgan fingerprint density at radius 3 is 3.00 bits per heavy atom. The van der Waals surface area contributed by atoms with Crippen molar-refractivity contribution in [2.75, 3.05) is 23.3 Å². The number of halogens is 1. The van der Waals surface area contributed by atoms with Gasteiger partial charge in [-0.2, -0.15) is 4.52 Å². The maximum Gasteiger partial charge on any atom is 0.178 e. The molecule has 1 aliphatic rings. The molecule has 3 heterocycles. The van der Waals surface area contributed by atoms with E-state index in [9.17, 15) is 0 Å². The van der Waals surface area contributed by atoms with Crippen LogP contribution in [0, 0.1) is 6.92 Å². The molecule has 1 N–H and O–H groups in total. The molecule has 0 radical (unpaired) electrons. The molecule has 3 aromatic rings. The van der Waals surface area contributed by atoms with E-state index < -0.39 is 0 Å². The highest BCUT2D eigenvalue weighted by Gasteiger charge is 2.23. The summed E-state index contributed by atoms with van der Waals surface area (Å²) < 4.78 is 1.76. The van der Waals surface area contributed by atoms with Gasteiger partial charge in [-0.1, -0.05) is 17.7 Å². The molecular formula is C16H17ClN6. The standard InChI is InChI=1S/C16H17ClN6/c1-11-19-20-16-6-5-15(21-23(11)16)18-13-7-8-22(10-13)14-4-2-3-12(17)9-14/h2-6,9,13H,7-8,10H2,1H3,(H,18,21)/t13-/m1/s1. The van der Waals surface area contributed by atoms with Crippen LogP contribution in [-0.2, 0) is 0 Å². The number of hydrogen-bond donors (Lipinski definition) is 1. The van der Waals surface area contributed by atoms with Crippen LogP contribution in [0.3, 0.4) is 0 Å². The van der Waals surface area contributed by atoms with Crippen LogP contribution in [-0.4, -0.2) is 38.9 Å². The second kappa shape index (κ2) is 5.70. The number of fused-ring (bicyclic) bond motifs is 1. The second-order valence-electron chi connectivity index (χ2n) is 5.79. The lowest BCUT2D eigenvalue weighted by molar-refractivity contribution is 0.783. The lowest BCUT2D eigenvalue weighted by Crippen LogP contribution is -2.26. The fourth-order valence-electron chi connectivity index (χ4n) is 2.97. The first-order valence-electron chi connectivity index (χ1n) is 7.65. The van der Waals surface area contributed by atoms with Gasteiger partial charge in [-0.3, -0.25) is 0 Å². The summed E-state index contributed by atoms with van der Waals surface area (Å²) >= 11 is 6.08. The third-order valence-corrected chi connectivity index (χ3v) is 4.37. The van der Waals surface area contributed by atoms with Crippen molar-refractivity contribution in [2.24, 2.45) is 0 Å². The van der Waals surface area contributed by atoms with Gasteiger partial charge in [0.15, 0.2) is 11.5 Å². The largest absolute Gasteiger partial charge is 0.369 e. The fraction of sp³-hybridized carbons (Fsp3) is 0.312. The first-order chi connectivity index (χ1) is 11.2. The molecule has 0 amide bonds. The monoisotopic (exact) mass is 328 g/mol. The Kier molecular flexibility index (Phi) is 3.53. The average molecular weight is 329 g/mol. The van der Waals surface area contributed by atoms with Gasteiger partial charge in [0.1, 0.15) is 5.82 Å². The quantitative estimate of drug-likeness (QED) is 0.801. The zero-order valence-corrected chi connectivity index (χ0v) is 13.5. The summed E-state index contributed by atoms with van der Waals surface area (Å²) in [6.07, 6.45) is 1.06. The lowest BCUT2D eigenvalue weighted by Gasteiger charge is -2.19. The Labute approximate surface area is 139 Å². The molecule has 0 spiro atoms. The van der Waals surface area contributed by atoms with Crippen molar-refractivity contribution in [1.82, 2.24) is 19.8 Å². The van der Waals surface area contributed by atoms with E-state index in [1.165, 1.54) is 5.69 Å². The van der Waals surface area contributed by atoms with Gasteiger partial charge in [-0.15, -0.1) is 15.3 Å². The van der Waals surface area contributed by atoms with E-state index in [-0.39, 0.29) is 0 Å². The van der Waals surface area contributed by atoms with Crippen LogP contribution >= 0.6 is 11.6 Å². The summed E-state index contributed by atoms with van der Waals surface area (Å²) in [5.41, 5.74) is 1.93. The SMILES string of the molecule is Cc1nnc2ccc(N[C@@H]3CCN(c4cccc(Cl)c4)C3)nn12. The number of rotatable bonds is 3. The van der Waals surface area contributed by atoms with Gasteiger partial charge in [-0.25, -0.2) is 0 Å². The van der Waals surface area contributed by atoms with Crippen LogP contribution in [0.5, 0.6) is 0 Å². The highest BCUT2D eigenvalue weighted by molar-refractivity contribution is 6.30. The summed E-state index contributed by atoms with van der Waals surface area (Å²) in [6, 6.07) is 12.2. The molecule has 1 aromatic carbocycles. The minimum atomic E-state index is 0.357. The van der Waals surface area contributed by atoms with Crippen LogP contribution in [0.1, 0.15) is 12.2 Å². The molecule has 1 saturated heterocycles. The lowest BCUT2D eigenvalue weighted by atomic mass is 10.2. The van der Waals surface area contributed by atoms with Crippen molar-refractivity contribution in [3.63, 3.8) is 0 Å². The van der Waals surface area contributed by atoms with Gasteiger partial charge in [-0.05, 0) is 43.7 Å². The Morgan fingerprint density at radius 2 is 2.13 bits per heavy atom. The summed E-state index contributed by atoms with van der Waals surface area (Å²) in [4.78, 5) is 2.34. The number of benzene rings is 1. The van der Waals surface area contributed by atoms with Gasteiger partial charge in [0, 0.05) is 29.8 Å². The minimum Gasteiger partial charge on any atom is -0.369 e. The third-order valence-electron chi connectivity index (χ3n) is 4.13. The number of hydrogen-bond acceptors (Lipinski definition) is 5. The van der Waals surface area contributed by atoms with Crippen LogP contribution in [0.15, 0.2) is 36.4 Å². The minimum absolute atomic E-state index is 0.357. The predicted octanol–water partition coefficient (Wildman–Crippen LogP) is 2.78. The molecule has 4 rings (SSSR count). The molecule has 1 atom stereocenters. The molecule has 0 saturated carbocycles. The first kappa shape index (κ1) is 14.3. The second-order valence-corrected chi connectivity index (χ2v) is 6.23. The molecule has 7 heteroatoms. The number of aromatic nitrogens is 4. The smallest absolute Gasteiger partial charge is 0.178 e. The van der Waals surface area contributed by atoms with Crippen molar-refractivity contribution >= 4 is 28.8 Å². The highest BCUT2D eigenvalue weighted by atomic mass is 35.5. The van der Waals surface area contributed by atoms with Crippen LogP contribution in [0.25, 0.3) is 5.65 Å². The molecule has 1 aliphatic heterocycles. The molecule has 1 fully saturated rings. The average Bonchev–Trinajstić information content (AvgIpc) is 3.15. The van der Waals surface area contributed by atoms with Gasteiger partial charge in [0.25, 0.3) is 0 Å². The van der Waals surface area contributed by atoms with Crippen molar-refractivity contribution in [3.05, 3.63) is 47.2 Å². The molecular weight excluding hydrogens is 312 g/mol. The summed E-state index contributed by atoms with van der Waals surface area (Å²) in [5.74, 6) is 1.63. The maximum absolute atomic E-state index is 6.08. The molecule has 0 bridgehead atoms. The van der Waals surface area contributed by atoms with Crippen LogP contribution in [0.4, 0.5) is 11.5 Å². The van der Waals surface area contributed by atoms with E-state index in [1.807, 2.05) is 37.3 Å². The van der Waals surface area contributed by atoms with Crippen molar-refractivity contribution in [1.29, 1.82) is 0 Å². The Balaban J connectivity index is 1.48. The summed E-state index contributed by atoms with van der Waals surface area (Å²) in [6.45, 7) is 3.83. The van der Waals surface area contributed by atoms with Gasteiger partial charge < -0.3 is 10.2 Å². The van der Waals surface area contributed by atoms with Gasteiger partial charge in [0.2, 0.25) is 0 Å². The molecule has 6 nitrogen and oxygen atoms in total. The predicted molar refractivity (Wildman–Crippen MR) is 91.2 cm³/mol. The van der Waals surface area contributed by atoms with Crippen molar-refractivity contribution in [3.8, 4) is 0 Å². The van der Waals surface area contributed by atoms with E-state index >= 15 is 0 Å². The van der Waals surface area contributed by atoms with E-state index in [0.29, 0.717) is 6.04 Å². The van der Waals surface area contributed by atoms with Crippen molar-refractivity contribution < 1.29 is 0 Å². The third kappa shape index (κ3) is 2.82. The summed E-state index contributed by atoms with van der Waals surface area (Å²) in [7, 11) is 0. The molecule has 0 unspecified atom stereocenters. The normalized spacial score (nSPS) is 17.8. The number of aryl methyl sites for hydroxylation is 1.